The Kier molecular flexibility index (Phi) is 10.1. The largest absolute Gasteiger partial charge is 0.493 e. The van der Waals surface area contributed by atoms with E-state index in [1.165, 1.54) is 0 Å². The molecule has 0 atom stereocenters. The minimum absolute atomic E-state index is 0.0650. The highest BCUT2D eigenvalue weighted by molar-refractivity contribution is 6.35. The number of nitrogens with one attached hydrogen (secondary N) is 2. The summed E-state index contributed by atoms with van der Waals surface area (Å²) < 4.78 is 10.6. The summed E-state index contributed by atoms with van der Waals surface area (Å²) in [4.78, 5) is 28.4. The molecule has 2 amide bonds. The van der Waals surface area contributed by atoms with Gasteiger partial charge in [-0.3, -0.25) is 14.5 Å². The van der Waals surface area contributed by atoms with Crippen LogP contribution in [0.2, 0.25) is 10.0 Å². The van der Waals surface area contributed by atoms with Gasteiger partial charge in [-0.1, -0.05) is 47.5 Å². The standard InChI is InChI=1S/C30H33Cl2N3O4/c1-38-27-10-7-20(17-28(27)39-2)11-14-33-30(37)24-5-3-4-6-26(24)34-29(36)21-12-15-35(16-13-21)19-22-8-9-23(31)18-25(22)32/h3-10,17-18,21H,11-16,19H2,1-2H3,(H,33,37)(H,34,36). The number of hydrogen-bond acceptors (Lipinski definition) is 5. The molecule has 3 aromatic carbocycles. The highest BCUT2D eigenvalue weighted by Crippen LogP contribution is 2.28. The lowest BCUT2D eigenvalue weighted by Gasteiger charge is -2.31. The van der Waals surface area contributed by atoms with Gasteiger partial charge in [-0.05, 0) is 79.9 Å². The van der Waals surface area contributed by atoms with Crippen molar-refractivity contribution in [2.75, 3.05) is 39.2 Å². The van der Waals surface area contributed by atoms with Gasteiger partial charge in [0.15, 0.2) is 11.5 Å². The van der Waals surface area contributed by atoms with E-state index >= 15 is 0 Å². The first kappa shape index (κ1) is 28.7. The fourth-order valence-corrected chi connectivity index (χ4v) is 5.19. The summed E-state index contributed by atoms with van der Waals surface area (Å²) in [6, 6.07) is 18.3. The number of nitrogens with zero attached hydrogens (tertiary/aromatic N) is 1. The van der Waals surface area contributed by atoms with Crippen LogP contribution in [0.5, 0.6) is 11.5 Å². The Morgan fingerprint density at radius 2 is 1.69 bits per heavy atom. The van der Waals surface area contributed by atoms with Crippen molar-refractivity contribution < 1.29 is 19.1 Å². The molecule has 1 heterocycles. The molecule has 0 aromatic heterocycles. The third-order valence-corrected chi connectivity index (χ3v) is 7.53. The number of carbonyl (C=O) groups excluding carboxylic acids is 2. The highest BCUT2D eigenvalue weighted by Gasteiger charge is 2.26. The summed E-state index contributed by atoms with van der Waals surface area (Å²) in [6.45, 7) is 2.73. The number of amides is 2. The van der Waals surface area contributed by atoms with Crippen LogP contribution in [0, 0.1) is 5.92 Å². The Labute approximate surface area is 239 Å². The number of anilines is 1. The van der Waals surface area contributed by atoms with E-state index < -0.39 is 0 Å². The van der Waals surface area contributed by atoms with E-state index in [0.717, 1.165) is 43.6 Å². The molecule has 0 spiro atoms. The number of hydrogen-bond donors (Lipinski definition) is 2. The Hall–Kier alpha value is -3.26. The number of carbonyl (C=O) groups is 2. The van der Waals surface area contributed by atoms with Crippen LogP contribution in [0.25, 0.3) is 0 Å². The number of methoxy groups -OCH3 is 2. The Morgan fingerprint density at radius 3 is 2.41 bits per heavy atom. The third kappa shape index (κ3) is 7.66. The first-order chi connectivity index (χ1) is 18.9. The first-order valence-electron chi connectivity index (χ1n) is 12.9. The van der Waals surface area contributed by atoms with E-state index in [-0.39, 0.29) is 17.7 Å². The zero-order chi connectivity index (χ0) is 27.8. The molecule has 0 aliphatic carbocycles. The molecule has 0 unspecified atom stereocenters. The lowest BCUT2D eigenvalue weighted by Crippen LogP contribution is -2.38. The van der Waals surface area contributed by atoms with Gasteiger partial charge in [-0.15, -0.1) is 0 Å². The van der Waals surface area contributed by atoms with Crippen LogP contribution in [0.4, 0.5) is 5.69 Å². The van der Waals surface area contributed by atoms with Crippen molar-refractivity contribution in [3.63, 3.8) is 0 Å². The molecule has 206 valence electrons. The number of ether oxygens (including phenoxy) is 2. The number of rotatable bonds is 10. The van der Waals surface area contributed by atoms with Crippen LogP contribution < -0.4 is 20.1 Å². The van der Waals surface area contributed by atoms with Crippen LogP contribution in [-0.4, -0.2) is 50.6 Å². The van der Waals surface area contributed by atoms with Crippen LogP contribution in [0.3, 0.4) is 0 Å². The van der Waals surface area contributed by atoms with Gasteiger partial charge in [0, 0.05) is 29.1 Å². The number of halogens is 2. The molecule has 7 nitrogen and oxygen atoms in total. The Bertz CT molecular complexity index is 1310. The fraction of sp³-hybridized carbons (Fsp3) is 0.333. The molecule has 1 aliphatic rings. The van der Waals surface area contributed by atoms with Gasteiger partial charge in [0.1, 0.15) is 0 Å². The van der Waals surface area contributed by atoms with Crippen molar-refractivity contribution in [1.82, 2.24) is 10.2 Å². The average Bonchev–Trinajstić information content (AvgIpc) is 2.95. The molecule has 3 aromatic rings. The summed E-state index contributed by atoms with van der Waals surface area (Å²) in [5.41, 5.74) is 2.99. The fourth-order valence-electron chi connectivity index (χ4n) is 4.72. The highest BCUT2D eigenvalue weighted by atomic mass is 35.5. The van der Waals surface area contributed by atoms with Gasteiger partial charge in [-0.2, -0.15) is 0 Å². The second-order valence-electron chi connectivity index (χ2n) is 9.52. The Morgan fingerprint density at radius 1 is 0.949 bits per heavy atom. The number of para-hydroxylation sites is 1. The van der Waals surface area contributed by atoms with E-state index in [4.69, 9.17) is 32.7 Å². The van der Waals surface area contributed by atoms with Crippen LogP contribution in [0.1, 0.15) is 34.3 Å². The van der Waals surface area contributed by atoms with Crippen molar-refractivity contribution in [2.24, 2.45) is 5.92 Å². The predicted molar refractivity (Wildman–Crippen MR) is 155 cm³/mol. The summed E-state index contributed by atoms with van der Waals surface area (Å²) in [7, 11) is 3.19. The molecule has 4 rings (SSSR count). The van der Waals surface area contributed by atoms with E-state index in [9.17, 15) is 9.59 Å². The third-order valence-electron chi connectivity index (χ3n) is 6.94. The number of benzene rings is 3. The molecule has 1 aliphatic heterocycles. The predicted octanol–water partition coefficient (Wildman–Crippen LogP) is 5.83. The van der Waals surface area contributed by atoms with Crippen molar-refractivity contribution in [1.29, 1.82) is 0 Å². The molecule has 0 radical (unpaired) electrons. The zero-order valence-electron chi connectivity index (χ0n) is 22.1. The van der Waals surface area contributed by atoms with Gasteiger partial charge in [0.25, 0.3) is 5.91 Å². The minimum atomic E-state index is -0.235. The monoisotopic (exact) mass is 569 g/mol. The maximum absolute atomic E-state index is 13.1. The molecule has 1 fully saturated rings. The number of piperidine rings is 1. The van der Waals surface area contributed by atoms with Gasteiger partial charge in [-0.25, -0.2) is 0 Å². The lowest BCUT2D eigenvalue weighted by molar-refractivity contribution is -0.121. The average molecular weight is 571 g/mol. The van der Waals surface area contributed by atoms with E-state index in [2.05, 4.69) is 15.5 Å². The van der Waals surface area contributed by atoms with Crippen molar-refractivity contribution in [3.05, 3.63) is 87.4 Å². The van der Waals surface area contributed by atoms with Gasteiger partial charge in [0.2, 0.25) is 5.91 Å². The molecule has 0 saturated carbocycles. The van der Waals surface area contributed by atoms with Gasteiger partial charge < -0.3 is 20.1 Å². The van der Waals surface area contributed by atoms with Gasteiger partial charge in [0.05, 0.1) is 25.5 Å². The van der Waals surface area contributed by atoms with Gasteiger partial charge >= 0.3 is 0 Å². The lowest BCUT2D eigenvalue weighted by atomic mass is 9.95. The second kappa shape index (κ2) is 13.7. The molecule has 2 N–H and O–H groups in total. The summed E-state index contributed by atoms with van der Waals surface area (Å²) in [6.07, 6.45) is 2.09. The SMILES string of the molecule is COc1ccc(CCNC(=O)c2ccccc2NC(=O)C2CCN(Cc3ccc(Cl)cc3Cl)CC2)cc1OC. The molecular weight excluding hydrogens is 537 g/mol. The summed E-state index contributed by atoms with van der Waals surface area (Å²) in [5.74, 6) is 0.884. The van der Waals surface area contributed by atoms with E-state index in [1.807, 2.05) is 36.4 Å². The molecule has 0 bridgehead atoms. The van der Waals surface area contributed by atoms with E-state index in [1.54, 1.807) is 38.5 Å². The molecule has 39 heavy (non-hydrogen) atoms. The van der Waals surface area contributed by atoms with Crippen molar-refractivity contribution in [3.8, 4) is 11.5 Å². The van der Waals surface area contributed by atoms with Crippen LogP contribution in [0.15, 0.2) is 60.7 Å². The molecule has 9 heteroatoms. The quantitative estimate of drug-likeness (QED) is 0.321. The zero-order valence-corrected chi connectivity index (χ0v) is 23.6. The topological polar surface area (TPSA) is 79.9 Å². The normalized spacial score (nSPS) is 14.1. The van der Waals surface area contributed by atoms with Crippen LogP contribution >= 0.6 is 23.2 Å². The smallest absolute Gasteiger partial charge is 0.253 e. The maximum Gasteiger partial charge on any atom is 0.253 e. The maximum atomic E-state index is 13.1. The van der Waals surface area contributed by atoms with E-state index in [0.29, 0.717) is 45.8 Å². The Balaban J connectivity index is 1.29. The van der Waals surface area contributed by atoms with Crippen molar-refractivity contribution >= 4 is 40.7 Å². The molecular formula is C30H33Cl2N3O4. The summed E-state index contributed by atoms with van der Waals surface area (Å²) >= 11 is 12.3. The van der Waals surface area contributed by atoms with Crippen molar-refractivity contribution in [2.45, 2.75) is 25.8 Å². The second-order valence-corrected chi connectivity index (χ2v) is 10.4. The summed E-state index contributed by atoms with van der Waals surface area (Å²) in [5, 5.41) is 7.22. The van der Waals surface area contributed by atoms with Crippen LogP contribution in [-0.2, 0) is 17.8 Å². The first-order valence-corrected chi connectivity index (χ1v) is 13.7. The number of likely N-dealkylation sites (tertiary alicyclic amines) is 1. The minimum Gasteiger partial charge on any atom is -0.493 e. The molecule has 1 saturated heterocycles.